The molecule has 3 aliphatic rings. The first kappa shape index (κ1) is 18.5. The maximum Gasteiger partial charge on any atom is 0.226 e. The molecule has 2 aliphatic heterocycles. The maximum absolute atomic E-state index is 13.2. The molecule has 148 valence electrons. The molecule has 0 aromatic carbocycles. The van der Waals surface area contributed by atoms with Gasteiger partial charge in [-0.05, 0) is 57.4 Å². The third-order valence-electron chi connectivity index (χ3n) is 6.77. The molecule has 1 unspecified atom stereocenters. The highest BCUT2D eigenvalue weighted by molar-refractivity contribution is 5.81. The van der Waals surface area contributed by atoms with Gasteiger partial charge in [-0.2, -0.15) is 5.10 Å². The second-order valence-electron chi connectivity index (χ2n) is 8.47. The fourth-order valence-electron chi connectivity index (χ4n) is 4.80. The Kier molecular flexibility index (Phi) is 5.79. The van der Waals surface area contributed by atoms with Gasteiger partial charge in [0, 0.05) is 56.5 Å². The summed E-state index contributed by atoms with van der Waals surface area (Å²) in [6.45, 7) is 3.29. The lowest BCUT2D eigenvalue weighted by Crippen LogP contribution is -2.50. The monoisotopic (exact) mass is 372 g/mol. The van der Waals surface area contributed by atoms with E-state index in [0.29, 0.717) is 17.9 Å². The third kappa shape index (κ3) is 4.19. The van der Waals surface area contributed by atoms with Crippen molar-refractivity contribution in [3.63, 3.8) is 0 Å². The van der Waals surface area contributed by atoms with Gasteiger partial charge in [-0.15, -0.1) is 0 Å². The smallest absolute Gasteiger partial charge is 0.226 e. The molecule has 27 heavy (non-hydrogen) atoms. The number of aryl methyl sites for hydroxylation is 1. The summed E-state index contributed by atoms with van der Waals surface area (Å²) in [5.74, 6) is 1.03. The number of nitrogens with zero attached hydrogens (tertiary/aromatic N) is 4. The minimum Gasteiger partial charge on any atom is -0.342 e. The van der Waals surface area contributed by atoms with E-state index in [1.54, 1.807) is 0 Å². The van der Waals surface area contributed by atoms with E-state index >= 15 is 0 Å². The summed E-state index contributed by atoms with van der Waals surface area (Å²) in [6.07, 6.45) is 13.2. The van der Waals surface area contributed by atoms with Crippen LogP contribution in [0.3, 0.4) is 0 Å². The van der Waals surface area contributed by atoms with E-state index < -0.39 is 0 Å². The number of aromatic nitrogens is 2. The van der Waals surface area contributed by atoms with Gasteiger partial charge in [-0.1, -0.05) is 6.42 Å². The van der Waals surface area contributed by atoms with Crippen LogP contribution in [0.5, 0.6) is 0 Å². The second-order valence-corrected chi connectivity index (χ2v) is 8.47. The van der Waals surface area contributed by atoms with Crippen molar-refractivity contribution in [2.75, 3.05) is 19.6 Å². The van der Waals surface area contributed by atoms with E-state index in [1.165, 1.54) is 12.8 Å². The van der Waals surface area contributed by atoms with Crippen LogP contribution in [0.15, 0.2) is 18.5 Å². The van der Waals surface area contributed by atoms with Crippen molar-refractivity contribution in [2.45, 2.75) is 70.4 Å². The van der Waals surface area contributed by atoms with Gasteiger partial charge in [0.05, 0.1) is 0 Å². The summed E-state index contributed by atoms with van der Waals surface area (Å²) >= 11 is 0. The maximum atomic E-state index is 13.2. The molecule has 1 saturated carbocycles. The first-order valence-corrected chi connectivity index (χ1v) is 10.8. The van der Waals surface area contributed by atoms with Crippen molar-refractivity contribution in [3.05, 3.63) is 18.5 Å². The molecule has 6 nitrogen and oxygen atoms in total. The zero-order valence-corrected chi connectivity index (χ0v) is 16.3. The van der Waals surface area contributed by atoms with Crippen LogP contribution < -0.4 is 0 Å². The number of piperidine rings is 2. The van der Waals surface area contributed by atoms with Crippen molar-refractivity contribution in [3.8, 4) is 0 Å². The molecular formula is C21H32N4O2. The topological polar surface area (TPSA) is 58.4 Å². The fraction of sp³-hybridized carbons (Fsp3) is 0.762. The number of carbonyl (C=O) groups is 2. The van der Waals surface area contributed by atoms with Crippen LogP contribution in [0.4, 0.5) is 0 Å². The Labute approximate surface area is 161 Å². The predicted octanol–water partition coefficient (Wildman–Crippen LogP) is 2.69. The summed E-state index contributed by atoms with van der Waals surface area (Å²) in [7, 11) is 0. The van der Waals surface area contributed by atoms with Crippen molar-refractivity contribution in [1.29, 1.82) is 0 Å². The number of hydrogen-bond donors (Lipinski definition) is 0. The highest BCUT2D eigenvalue weighted by atomic mass is 16.2. The lowest BCUT2D eigenvalue weighted by atomic mass is 9.83. The molecule has 1 aromatic heterocycles. The molecule has 3 heterocycles. The van der Waals surface area contributed by atoms with Crippen molar-refractivity contribution < 1.29 is 9.59 Å². The van der Waals surface area contributed by atoms with Crippen LogP contribution in [0.1, 0.15) is 57.8 Å². The van der Waals surface area contributed by atoms with Crippen LogP contribution >= 0.6 is 0 Å². The Balaban J connectivity index is 1.30. The lowest BCUT2D eigenvalue weighted by molar-refractivity contribution is -0.146. The molecule has 1 aliphatic carbocycles. The molecule has 0 bridgehead atoms. The predicted molar refractivity (Wildman–Crippen MR) is 103 cm³/mol. The summed E-state index contributed by atoms with van der Waals surface area (Å²) in [5, 5.41) is 4.29. The number of rotatable bonds is 5. The highest BCUT2D eigenvalue weighted by Gasteiger charge is 2.36. The van der Waals surface area contributed by atoms with Crippen LogP contribution in [0.25, 0.3) is 0 Å². The molecular weight excluding hydrogens is 340 g/mol. The fourth-order valence-corrected chi connectivity index (χ4v) is 4.80. The van der Waals surface area contributed by atoms with Crippen LogP contribution in [0, 0.1) is 11.8 Å². The first-order valence-electron chi connectivity index (χ1n) is 10.8. The van der Waals surface area contributed by atoms with Gasteiger partial charge < -0.3 is 9.80 Å². The zero-order chi connectivity index (χ0) is 18.6. The SMILES string of the molecule is O=C(C1CCC1)N1CCC(C(=O)N2CCCCC2CCn2cccn2)CC1. The number of amides is 2. The molecule has 0 spiro atoms. The average molecular weight is 373 g/mol. The van der Waals surface area contributed by atoms with Gasteiger partial charge in [0.1, 0.15) is 0 Å². The summed E-state index contributed by atoms with van der Waals surface area (Å²) < 4.78 is 1.96. The number of hydrogen-bond acceptors (Lipinski definition) is 3. The molecule has 6 heteroatoms. The van der Waals surface area contributed by atoms with E-state index in [4.69, 9.17) is 0 Å². The first-order chi connectivity index (χ1) is 13.2. The molecule has 0 N–H and O–H groups in total. The van der Waals surface area contributed by atoms with Gasteiger partial charge in [-0.3, -0.25) is 14.3 Å². The largest absolute Gasteiger partial charge is 0.342 e. The second kappa shape index (κ2) is 8.44. The summed E-state index contributed by atoms with van der Waals surface area (Å²) in [5.41, 5.74) is 0. The molecule has 2 amide bonds. The van der Waals surface area contributed by atoms with E-state index in [0.717, 1.165) is 71.1 Å². The molecule has 4 rings (SSSR count). The van der Waals surface area contributed by atoms with Crippen molar-refractivity contribution in [2.24, 2.45) is 11.8 Å². The number of carbonyl (C=O) groups excluding carboxylic acids is 2. The lowest BCUT2D eigenvalue weighted by Gasteiger charge is -2.41. The number of likely N-dealkylation sites (tertiary alicyclic amines) is 2. The zero-order valence-electron chi connectivity index (χ0n) is 16.3. The van der Waals surface area contributed by atoms with Crippen molar-refractivity contribution >= 4 is 11.8 Å². The van der Waals surface area contributed by atoms with Gasteiger partial charge in [0.2, 0.25) is 11.8 Å². The summed E-state index contributed by atoms with van der Waals surface area (Å²) in [4.78, 5) is 29.8. The third-order valence-corrected chi connectivity index (χ3v) is 6.77. The average Bonchev–Trinajstić information content (AvgIpc) is 3.18. The van der Waals surface area contributed by atoms with E-state index in [9.17, 15) is 9.59 Å². The Morgan fingerprint density at radius 2 is 1.67 bits per heavy atom. The van der Waals surface area contributed by atoms with E-state index in [2.05, 4.69) is 10.00 Å². The minimum absolute atomic E-state index is 0.0979. The Morgan fingerprint density at radius 1 is 0.889 bits per heavy atom. The van der Waals surface area contributed by atoms with Crippen LogP contribution in [0.2, 0.25) is 0 Å². The normalized spacial score (nSPS) is 24.7. The van der Waals surface area contributed by atoms with Gasteiger partial charge in [0.25, 0.3) is 0 Å². The minimum atomic E-state index is 0.0979. The quantitative estimate of drug-likeness (QED) is 0.798. The summed E-state index contributed by atoms with van der Waals surface area (Å²) in [6, 6.07) is 2.28. The Morgan fingerprint density at radius 3 is 2.33 bits per heavy atom. The van der Waals surface area contributed by atoms with Gasteiger partial charge in [-0.25, -0.2) is 0 Å². The standard InChI is InChI=1S/C21H32N4O2/c26-20(17-5-3-6-17)23-14-8-18(9-15-23)21(27)25-13-2-1-7-19(25)10-16-24-12-4-11-22-24/h4,11-12,17-19H,1-3,5-10,13-16H2. The molecule has 1 aromatic rings. The Hall–Kier alpha value is -1.85. The molecule has 1 atom stereocenters. The molecule has 2 saturated heterocycles. The molecule has 0 radical (unpaired) electrons. The van der Waals surface area contributed by atoms with E-state index in [-0.39, 0.29) is 11.8 Å². The van der Waals surface area contributed by atoms with Crippen LogP contribution in [-0.4, -0.2) is 57.1 Å². The van der Waals surface area contributed by atoms with Crippen LogP contribution in [-0.2, 0) is 16.1 Å². The Bertz CT molecular complexity index is 633. The van der Waals surface area contributed by atoms with Crippen molar-refractivity contribution in [1.82, 2.24) is 19.6 Å². The molecule has 3 fully saturated rings. The van der Waals surface area contributed by atoms with E-state index in [1.807, 2.05) is 28.0 Å². The highest BCUT2D eigenvalue weighted by Crippen LogP contribution is 2.31. The van der Waals surface area contributed by atoms with Gasteiger partial charge >= 0.3 is 0 Å². The van der Waals surface area contributed by atoms with Gasteiger partial charge in [0.15, 0.2) is 0 Å².